The van der Waals surface area contributed by atoms with Crippen molar-refractivity contribution in [3.8, 4) is 0 Å². The summed E-state index contributed by atoms with van der Waals surface area (Å²) in [4.78, 5) is 10.7. The monoisotopic (exact) mass is 177 g/mol. The fourth-order valence-electron chi connectivity index (χ4n) is 0.821. The first kappa shape index (κ1) is 14.1. The lowest BCUT2D eigenvalue weighted by Gasteiger charge is -2.16. The van der Waals surface area contributed by atoms with Gasteiger partial charge in [-0.2, -0.15) is 0 Å². The van der Waals surface area contributed by atoms with Gasteiger partial charge < -0.3 is 0 Å². The van der Waals surface area contributed by atoms with Gasteiger partial charge in [0.25, 0.3) is 0 Å². The van der Waals surface area contributed by atoms with Crippen LogP contribution in [-0.2, 0) is 4.79 Å². The van der Waals surface area contributed by atoms with Gasteiger partial charge in [0.1, 0.15) is 5.78 Å². The summed E-state index contributed by atoms with van der Waals surface area (Å²) in [6.45, 7) is 9.17. The Hall–Kier alpha value is -0.440. The number of hydrogen-bond acceptors (Lipinski definition) is 2. The molecule has 3 heteroatoms. The second-order valence-electron chi connectivity index (χ2n) is 2.58. The van der Waals surface area contributed by atoms with Crippen LogP contribution >= 0.6 is 0 Å². The van der Waals surface area contributed by atoms with Gasteiger partial charge in [0, 0.05) is 0 Å². The highest BCUT2D eigenvalue weighted by Crippen LogP contribution is 2.07. The maximum absolute atomic E-state index is 11.9. The van der Waals surface area contributed by atoms with E-state index in [-0.39, 0.29) is 11.7 Å². The first-order valence-corrected chi connectivity index (χ1v) is 4.50. The van der Waals surface area contributed by atoms with Gasteiger partial charge in [-0.1, -0.05) is 34.1 Å². The van der Waals surface area contributed by atoms with E-state index in [9.17, 15) is 9.28 Å². The zero-order chi connectivity index (χ0) is 10.1. The first-order valence-electron chi connectivity index (χ1n) is 4.50. The molecule has 0 spiro atoms. The Morgan fingerprint density at radius 3 is 2.00 bits per heavy atom. The molecule has 12 heavy (non-hydrogen) atoms. The van der Waals surface area contributed by atoms with Gasteiger partial charge in [-0.3, -0.25) is 4.79 Å². The van der Waals surface area contributed by atoms with Gasteiger partial charge >= 0.3 is 0 Å². The van der Waals surface area contributed by atoms with Crippen molar-refractivity contribution < 1.29 is 9.28 Å². The standard InChI is InChI=1S/C7H14FNO.C2H6/c1-4-5(2)7(9-8)6(3)10;1-2/h5,7,9H,4H2,1-3H3;1-2H3. The molecule has 0 aliphatic rings. The number of halogens is 1. The molecule has 2 atom stereocenters. The second-order valence-corrected chi connectivity index (χ2v) is 2.58. The van der Waals surface area contributed by atoms with Crippen molar-refractivity contribution in [3.63, 3.8) is 0 Å². The number of ketones is 1. The minimum Gasteiger partial charge on any atom is -0.298 e. The fraction of sp³-hybridized carbons (Fsp3) is 0.889. The molecule has 2 unspecified atom stereocenters. The number of rotatable bonds is 4. The fourth-order valence-corrected chi connectivity index (χ4v) is 0.821. The third-order valence-electron chi connectivity index (χ3n) is 1.77. The van der Waals surface area contributed by atoms with E-state index in [4.69, 9.17) is 0 Å². The molecule has 0 fully saturated rings. The number of Topliss-reactive ketones (excluding diaryl/α,β-unsaturated/α-hetero) is 1. The van der Waals surface area contributed by atoms with Crippen LogP contribution < -0.4 is 5.54 Å². The van der Waals surface area contributed by atoms with Gasteiger partial charge in [-0.05, 0) is 12.8 Å². The number of carbonyl (C=O) groups excluding carboxylic acids is 1. The molecule has 74 valence electrons. The first-order chi connectivity index (χ1) is 5.63. The minimum absolute atomic E-state index is 0.0718. The van der Waals surface area contributed by atoms with Crippen LogP contribution in [0, 0.1) is 5.92 Å². The topological polar surface area (TPSA) is 29.1 Å². The van der Waals surface area contributed by atoms with Crippen LogP contribution in [0.3, 0.4) is 0 Å². The lowest BCUT2D eigenvalue weighted by Crippen LogP contribution is -2.35. The molecule has 0 heterocycles. The predicted octanol–water partition coefficient (Wildman–Crippen LogP) is 2.49. The second kappa shape index (κ2) is 8.65. The Balaban J connectivity index is 0. The van der Waals surface area contributed by atoms with Crippen molar-refractivity contribution in [2.24, 2.45) is 5.92 Å². The quantitative estimate of drug-likeness (QED) is 0.668. The summed E-state index contributed by atoms with van der Waals surface area (Å²) in [5, 5.41) is 0. The van der Waals surface area contributed by atoms with E-state index in [0.29, 0.717) is 0 Å². The molecule has 0 aliphatic heterocycles. The number of carbonyl (C=O) groups is 1. The van der Waals surface area contributed by atoms with Crippen molar-refractivity contribution in [1.82, 2.24) is 5.54 Å². The van der Waals surface area contributed by atoms with Crippen LogP contribution in [0.25, 0.3) is 0 Å². The third-order valence-corrected chi connectivity index (χ3v) is 1.77. The van der Waals surface area contributed by atoms with Crippen LogP contribution in [-0.4, -0.2) is 11.8 Å². The zero-order valence-electron chi connectivity index (χ0n) is 8.65. The summed E-state index contributed by atoms with van der Waals surface area (Å²) >= 11 is 0. The van der Waals surface area contributed by atoms with E-state index in [1.807, 2.05) is 27.7 Å². The van der Waals surface area contributed by atoms with Gasteiger partial charge in [-0.15, -0.1) is 10.0 Å². The van der Waals surface area contributed by atoms with Crippen molar-refractivity contribution in [2.45, 2.75) is 47.1 Å². The Labute approximate surface area is 74.5 Å². The predicted molar refractivity (Wildman–Crippen MR) is 49.5 cm³/mol. The maximum atomic E-state index is 11.9. The van der Waals surface area contributed by atoms with Crippen molar-refractivity contribution in [3.05, 3.63) is 0 Å². The third kappa shape index (κ3) is 5.24. The Bertz CT molecular complexity index is 117. The van der Waals surface area contributed by atoms with Gasteiger partial charge in [0.15, 0.2) is 0 Å². The van der Waals surface area contributed by atoms with Crippen LogP contribution in [0.4, 0.5) is 4.48 Å². The molecule has 2 nitrogen and oxygen atoms in total. The number of nitrogens with one attached hydrogen (secondary N) is 1. The molecule has 0 aromatic carbocycles. The molecular weight excluding hydrogens is 157 g/mol. The molecule has 0 aromatic heterocycles. The van der Waals surface area contributed by atoms with Crippen LogP contribution in [0.15, 0.2) is 0 Å². The highest BCUT2D eigenvalue weighted by Gasteiger charge is 2.19. The summed E-state index contributed by atoms with van der Waals surface area (Å²) in [7, 11) is 0. The Kier molecular flexibility index (Phi) is 10.2. The normalized spacial score (nSPS) is 14.2. The summed E-state index contributed by atoms with van der Waals surface area (Å²) in [6.07, 6.45) is 0.807. The molecular formula is C9H20FNO. The molecule has 0 saturated carbocycles. The largest absolute Gasteiger partial charge is 0.298 e. The van der Waals surface area contributed by atoms with E-state index in [1.54, 1.807) is 0 Å². The molecule has 0 radical (unpaired) electrons. The zero-order valence-corrected chi connectivity index (χ0v) is 8.65. The summed E-state index contributed by atoms with van der Waals surface area (Å²) in [5.41, 5.74) is 1.50. The molecule has 0 rings (SSSR count). The Morgan fingerprint density at radius 1 is 1.50 bits per heavy atom. The van der Waals surface area contributed by atoms with Gasteiger partial charge in [0.05, 0.1) is 6.04 Å². The van der Waals surface area contributed by atoms with E-state index < -0.39 is 6.04 Å². The van der Waals surface area contributed by atoms with E-state index in [2.05, 4.69) is 0 Å². The van der Waals surface area contributed by atoms with Crippen LogP contribution in [0.1, 0.15) is 41.0 Å². The van der Waals surface area contributed by atoms with E-state index in [1.165, 1.54) is 12.5 Å². The molecule has 0 amide bonds. The Morgan fingerprint density at radius 2 is 1.92 bits per heavy atom. The summed E-state index contributed by atoms with van der Waals surface area (Å²) < 4.78 is 11.9. The smallest absolute Gasteiger partial charge is 0.149 e. The average molecular weight is 177 g/mol. The van der Waals surface area contributed by atoms with E-state index in [0.717, 1.165) is 6.42 Å². The SMILES string of the molecule is CC.CCC(C)C(NF)C(C)=O. The molecule has 1 N–H and O–H groups in total. The molecule has 0 aliphatic carbocycles. The van der Waals surface area contributed by atoms with Gasteiger partial charge in [-0.25, -0.2) is 0 Å². The minimum atomic E-state index is -0.620. The summed E-state index contributed by atoms with van der Waals surface area (Å²) in [6, 6.07) is -0.620. The lowest BCUT2D eigenvalue weighted by molar-refractivity contribution is -0.121. The highest BCUT2D eigenvalue weighted by atomic mass is 19.2. The van der Waals surface area contributed by atoms with Crippen molar-refractivity contribution in [1.29, 1.82) is 0 Å². The number of hydrogen-bond donors (Lipinski definition) is 1. The van der Waals surface area contributed by atoms with Crippen molar-refractivity contribution >= 4 is 5.78 Å². The average Bonchev–Trinajstić information content (AvgIpc) is 2.08. The van der Waals surface area contributed by atoms with E-state index >= 15 is 0 Å². The van der Waals surface area contributed by atoms with Crippen LogP contribution in [0.5, 0.6) is 0 Å². The molecule has 0 saturated heterocycles. The molecule has 0 bridgehead atoms. The summed E-state index contributed by atoms with van der Waals surface area (Å²) in [5.74, 6) is -0.0700. The maximum Gasteiger partial charge on any atom is 0.149 e. The molecule has 0 aromatic rings. The van der Waals surface area contributed by atoms with Gasteiger partial charge in [0.2, 0.25) is 0 Å². The van der Waals surface area contributed by atoms with Crippen molar-refractivity contribution in [2.75, 3.05) is 0 Å². The van der Waals surface area contributed by atoms with Crippen LogP contribution in [0.2, 0.25) is 0 Å². The highest BCUT2D eigenvalue weighted by molar-refractivity contribution is 5.81. The lowest BCUT2D eigenvalue weighted by atomic mass is 9.97.